The fourth-order valence-electron chi connectivity index (χ4n) is 2.98. The van der Waals surface area contributed by atoms with Crippen molar-refractivity contribution in [2.45, 2.75) is 6.54 Å². The summed E-state index contributed by atoms with van der Waals surface area (Å²) < 4.78 is 18.4. The van der Waals surface area contributed by atoms with E-state index in [9.17, 15) is 14.0 Å². The van der Waals surface area contributed by atoms with Crippen molar-refractivity contribution >= 4 is 23.3 Å². The van der Waals surface area contributed by atoms with Gasteiger partial charge < -0.3 is 15.0 Å². The van der Waals surface area contributed by atoms with Crippen molar-refractivity contribution in [3.8, 4) is 10.4 Å². The lowest BCUT2D eigenvalue weighted by molar-refractivity contribution is -0.131. The number of nitrogens with zero attached hydrogens (tertiary/aromatic N) is 2. The molecule has 0 saturated carbocycles. The molecule has 8 heteroatoms. The Kier molecular flexibility index (Phi) is 6.41. The molecule has 0 bridgehead atoms. The molecule has 0 aliphatic carbocycles. The van der Waals surface area contributed by atoms with Crippen LogP contribution in [-0.2, 0) is 16.1 Å². The predicted octanol–water partition coefficient (Wildman–Crippen LogP) is 2.55. The van der Waals surface area contributed by atoms with Crippen LogP contribution in [0.25, 0.3) is 10.4 Å². The average molecular weight is 391 g/mol. The van der Waals surface area contributed by atoms with Gasteiger partial charge in [0.25, 0.3) is 0 Å². The number of alkyl carbamates (subject to hydrolysis) is 1. The molecule has 2 amide bonds. The molecule has 2 heterocycles. The van der Waals surface area contributed by atoms with Gasteiger partial charge in [0.2, 0.25) is 5.91 Å². The summed E-state index contributed by atoms with van der Waals surface area (Å²) in [5.41, 5.74) is 0.627. The zero-order chi connectivity index (χ0) is 19.2. The lowest BCUT2D eigenvalue weighted by Crippen LogP contribution is -2.50. The molecule has 1 aromatic heterocycles. The van der Waals surface area contributed by atoms with E-state index < -0.39 is 6.09 Å². The van der Waals surface area contributed by atoms with E-state index in [0.717, 1.165) is 24.5 Å². The first-order valence-electron chi connectivity index (χ1n) is 8.72. The Bertz CT molecular complexity index is 803. The maximum atomic E-state index is 13.9. The van der Waals surface area contributed by atoms with Crippen LogP contribution in [0.2, 0.25) is 0 Å². The van der Waals surface area contributed by atoms with Gasteiger partial charge in [-0.3, -0.25) is 9.69 Å². The van der Waals surface area contributed by atoms with Crippen LogP contribution in [0.5, 0.6) is 0 Å². The Hall–Kier alpha value is -2.45. The molecule has 0 spiro atoms. The predicted molar refractivity (Wildman–Crippen MR) is 102 cm³/mol. The highest BCUT2D eigenvalue weighted by atomic mass is 32.1. The summed E-state index contributed by atoms with van der Waals surface area (Å²) >= 11 is 1.59. The summed E-state index contributed by atoms with van der Waals surface area (Å²) in [5.74, 6) is -0.323. The van der Waals surface area contributed by atoms with Crippen molar-refractivity contribution in [1.82, 2.24) is 15.1 Å². The molecule has 0 unspecified atom stereocenters. The van der Waals surface area contributed by atoms with Gasteiger partial charge in [-0.15, -0.1) is 11.3 Å². The van der Waals surface area contributed by atoms with Gasteiger partial charge in [-0.1, -0.05) is 18.2 Å². The summed E-state index contributed by atoms with van der Waals surface area (Å²) in [6.07, 6.45) is -0.606. The summed E-state index contributed by atoms with van der Waals surface area (Å²) in [6, 6.07) is 10.8. The van der Waals surface area contributed by atoms with E-state index in [1.165, 1.54) is 18.1 Å². The van der Waals surface area contributed by atoms with E-state index in [-0.39, 0.29) is 18.3 Å². The largest absolute Gasteiger partial charge is 0.453 e. The number of carbonyl (C=O) groups is 2. The quantitative estimate of drug-likeness (QED) is 0.851. The van der Waals surface area contributed by atoms with Gasteiger partial charge in [-0.25, -0.2) is 9.18 Å². The van der Waals surface area contributed by atoms with Crippen molar-refractivity contribution in [2.24, 2.45) is 0 Å². The van der Waals surface area contributed by atoms with Crippen LogP contribution < -0.4 is 5.32 Å². The van der Waals surface area contributed by atoms with Gasteiger partial charge >= 0.3 is 6.09 Å². The Balaban J connectivity index is 1.49. The number of piperazine rings is 1. The zero-order valence-corrected chi connectivity index (χ0v) is 15.9. The van der Waals surface area contributed by atoms with Crippen LogP contribution in [-0.4, -0.2) is 61.6 Å². The van der Waals surface area contributed by atoms with E-state index in [2.05, 4.69) is 15.0 Å². The highest BCUT2D eigenvalue weighted by Gasteiger charge is 2.22. The van der Waals surface area contributed by atoms with Gasteiger partial charge in [0.05, 0.1) is 7.11 Å². The molecule has 144 valence electrons. The lowest BCUT2D eigenvalue weighted by Gasteiger charge is -2.34. The third kappa shape index (κ3) is 5.05. The third-order valence-corrected chi connectivity index (χ3v) is 5.58. The van der Waals surface area contributed by atoms with Crippen LogP contribution >= 0.6 is 11.3 Å². The number of thiophene rings is 1. The monoisotopic (exact) mass is 391 g/mol. The van der Waals surface area contributed by atoms with E-state index in [1.807, 2.05) is 18.2 Å². The maximum Gasteiger partial charge on any atom is 0.407 e. The first kappa shape index (κ1) is 19.3. The molecule has 1 saturated heterocycles. The van der Waals surface area contributed by atoms with Crippen molar-refractivity contribution in [3.63, 3.8) is 0 Å². The van der Waals surface area contributed by atoms with Crippen molar-refractivity contribution in [3.05, 3.63) is 47.1 Å². The molecule has 1 aliphatic rings. The number of nitrogens with one attached hydrogen (secondary N) is 1. The molecule has 0 atom stereocenters. The number of ether oxygens (including phenoxy) is 1. The second-order valence-electron chi connectivity index (χ2n) is 6.25. The normalized spacial score (nSPS) is 14.8. The fourth-order valence-corrected chi connectivity index (χ4v) is 4.05. The standard InChI is InChI=1S/C19H22FN3O3S/c1-26-19(25)21-12-18(24)23-10-8-22(9-11-23)13-14-6-7-17(27-14)15-4-2-3-5-16(15)20/h2-7H,8-13H2,1H3,(H,21,25). The number of halogens is 1. The van der Waals surface area contributed by atoms with Gasteiger partial charge in [0, 0.05) is 48.0 Å². The number of rotatable bonds is 5. The van der Waals surface area contributed by atoms with E-state index >= 15 is 0 Å². The van der Waals surface area contributed by atoms with Gasteiger partial charge in [0.1, 0.15) is 12.4 Å². The topological polar surface area (TPSA) is 61.9 Å². The summed E-state index contributed by atoms with van der Waals surface area (Å²) in [4.78, 5) is 29.2. The fraction of sp³-hybridized carbons (Fsp3) is 0.368. The second-order valence-corrected chi connectivity index (χ2v) is 7.42. The van der Waals surface area contributed by atoms with Crippen molar-refractivity contribution in [1.29, 1.82) is 0 Å². The Morgan fingerprint density at radius 3 is 2.59 bits per heavy atom. The molecule has 0 radical (unpaired) electrons. The number of methoxy groups -OCH3 is 1. The van der Waals surface area contributed by atoms with Crippen LogP contribution in [0, 0.1) is 5.82 Å². The molecule has 3 rings (SSSR count). The second kappa shape index (κ2) is 8.96. The number of amides is 2. The Labute approximate surface area is 161 Å². The number of hydrogen-bond acceptors (Lipinski definition) is 5. The van der Waals surface area contributed by atoms with Crippen LogP contribution in [0.3, 0.4) is 0 Å². The van der Waals surface area contributed by atoms with Crippen LogP contribution in [0.4, 0.5) is 9.18 Å². The minimum absolute atomic E-state index is 0.0520. The molecule has 6 nitrogen and oxygen atoms in total. The van der Waals surface area contributed by atoms with Crippen LogP contribution in [0.15, 0.2) is 36.4 Å². The average Bonchev–Trinajstić information content (AvgIpc) is 3.15. The first-order chi connectivity index (χ1) is 13.1. The molecule has 1 aromatic carbocycles. The van der Waals surface area contributed by atoms with Gasteiger partial charge in [-0.2, -0.15) is 0 Å². The molecule has 1 N–H and O–H groups in total. The molecular formula is C19H22FN3O3S. The van der Waals surface area contributed by atoms with E-state index in [1.54, 1.807) is 28.4 Å². The molecule has 2 aromatic rings. The van der Waals surface area contributed by atoms with Crippen LogP contribution in [0.1, 0.15) is 4.88 Å². The first-order valence-corrected chi connectivity index (χ1v) is 9.54. The van der Waals surface area contributed by atoms with Gasteiger partial charge in [-0.05, 0) is 18.2 Å². The highest BCUT2D eigenvalue weighted by molar-refractivity contribution is 7.15. The molecular weight excluding hydrogens is 369 g/mol. The molecule has 1 aliphatic heterocycles. The zero-order valence-electron chi connectivity index (χ0n) is 15.1. The summed E-state index contributed by atoms with van der Waals surface area (Å²) in [5, 5.41) is 2.41. The van der Waals surface area contributed by atoms with Gasteiger partial charge in [0.15, 0.2) is 0 Å². The van der Waals surface area contributed by atoms with Crippen molar-refractivity contribution in [2.75, 3.05) is 39.8 Å². The number of carbonyl (C=O) groups excluding carboxylic acids is 2. The minimum atomic E-state index is -0.606. The maximum absolute atomic E-state index is 13.9. The molecule has 27 heavy (non-hydrogen) atoms. The number of benzene rings is 1. The Morgan fingerprint density at radius 2 is 1.89 bits per heavy atom. The number of hydrogen-bond donors (Lipinski definition) is 1. The third-order valence-electron chi connectivity index (χ3n) is 4.47. The SMILES string of the molecule is COC(=O)NCC(=O)N1CCN(Cc2ccc(-c3ccccc3F)s2)CC1. The smallest absolute Gasteiger partial charge is 0.407 e. The van der Waals surface area contributed by atoms with Crippen molar-refractivity contribution < 1.29 is 18.7 Å². The Morgan fingerprint density at radius 1 is 1.15 bits per heavy atom. The lowest BCUT2D eigenvalue weighted by atomic mass is 10.2. The highest BCUT2D eigenvalue weighted by Crippen LogP contribution is 2.30. The minimum Gasteiger partial charge on any atom is -0.453 e. The van der Waals surface area contributed by atoms with E-state index in [4.69, 9.17) is 0 Å². The molecule has 1 fully saturated rings. The summed E-state index contributed by atoms with van der Waals surface area (Å²) in [7, 11) is 1.26. The van der Waals surface area contributed by atoms with E-state index in [0.29, 0.717) is 18.7 Å². The summed E-state index contributed by atoms with van der Waals surface area (Å²) in [6.45, 7) is 3.49.